The SMILES string of the molecule is CCN(CC(=O)NC(C)(C)C)CC(C)C(=O)OC. The molecular formula is C13H26N2O3. The van der Waals surface area contributed by atoms with Crippen LogP contribution in [0.4, 0.5) is 0 Å². The van der Waals surface area contributed by atoms with E-state index < -0.39 is 0 Å². The highest BCUT2D eigenvalue weighted by atomic mass is 16.5. The number of carbonyl (C=O) groups is 2. The summed E-state index contributed by atoms with van der Waals surface area (Å²) >= 11 is 0. The predicted octanol–water partition coefficient (Wildman–Crippen LogP) is 1.03. The Morgan fingerprint density at radius 1 is 1.33 bits per heavy atom. The zero-order chi connectivity index (χ0) is 14.3. The molecule has 1 amide bonds. The summed E-state index contributed by atoms with van der Waals surface area (Å²) < 4.78 is 4.68. The number of rotatable bonds is 6. The topological polar surface area (TPSA) is 58.6 Å². The first kappa shape index (κ1) is 16.9. The van der Waals surface area contributed by atoms with Gasteiger partial charge in [-0.15, -0.1) is 0 Å². The van der Waals surface area contributed by atoms with E-state index in [0.29, 0.717) is 13.1 Å². The van der Waals surface area contributed by atoms with Gasteiger partial charge in [-0.2, -0.15) is 0 Å². The van der Waals surface area contributed by atoms with Gasteiger partial charge in [-0.3, -0.25) is 14.5 Å². The van der Waals surface area contributed by atoms with Gasteiger partial charge in [0.15, 0.2) is 0 Å². The summed E-state index contributed by atoms with van der Waals surface area (Å²) in [6.07, 6.45) is 0. The molecule has 0 saturated heterocycles. The minimum absolute atomic E-state index is 0.0265. The second kappa shape index (κ2) is 7.36. The molecule has 0 rings (SSSR count). The molecule has 0 saturated carbocycles. The summed E-state index contributed by atoms with van der Waals surface area (Å²) in [4.78, 5) is 25.0. The van der Waals surface area contributed by atoms with Crippen molar-refractivity contribution in [3.05, 3.63) is 0 Å². The van der Waals surface area contributed by atoms with E-state index in [1.165, 1.54) is 7.11 Å². The predicted molar refractivity (Wildman–Crippen MR) is 71.2 cm³/mol. The Hall–Kier alpha value is -1.10. The van der Waals surface area contributed by atoms with Crippen molar-refractivity contribution in [2.75, 3.05) is 26.7 Å². The van der Waals surface area contributed by atoms with E-state index in [-0.39, 0.29) is 23.3 Å². The summed E-state index contributed by atoms with van der Waals surface area (Å²) in [6, 6.07) is 0. The van der Waals surface area contributed by atoms with Crippen LogP contribution >= 0.6 is 0 Å². The third kappa shape index (κ3) is 7.27. The molecule has 5 heteroatoms. The molecule has 5 nitrogen and oxygen atoms in total. The molecule has 0 spiro atoms. The number of nitrogens with zero attached hydrogens (tertiary/aromatic N) is 1. The lowest BCUT2D eigenvalue weighted by Crippen LogP contribution is -2.47. The summed E-state index contributed by atoms with van der Waals surface area (Å²) in [5, 5.41) is 2.90. The highest BCUT2D eigenvalue weighted by Gasteiger charge is 2.20. The first-order chi connectivity index (χ1) is 8.19. The second-order valence-electron chi connectivity index (χ2n) is 5.55. The molecule has 18 heavy (non-hydrogen) atoms. The molecular weight excluding hydrogens is 232 g/mol. The van der Waals surface area contributed by atoms with Gasteiger partial charge in [-0.05, 0) is 27.3 Å². The van der Waals surface area contributed by atoms with Crippen LogP contribution in [0.3, 0.4) is 0 Å². The number of ether oxygens (including phenoxy) is 1. The van der Waals surface area contributed by atoms with Gasteiger partial charge in [-0.25, -0.2) is 0 Å². The fraction of sp³-hybridized carbons (Fsp3) is 0.846. The van der Waals surface area contributed by atoms with Crippen LogP contribution in [0.25, 0.3) is 0 Å². The molecule has 0 aromatic carbocycles. The van der Waals surface area contributed by atoms with Gasteiger partial charge in [0.2, 0.25) is 5.91 Å². The van der Waals surface area contributed by atoms with Crippen molar-refractivity contribution in [2.45, 2.75) is 40.2 Å². The third-order valence-electron chi connectivity index (χ3n) is 2.46. The van der Waals surface area contributed by atoms with E-state index in [0.717, 1.165) is 6.54 Å². The van der Waals surface area contributed by atoms with Crippen LogP contribution in [0.1, 0.15) is 34.6 Å². The third-order valence-corrected chi connectivity index (χ3v) is 2.46. The van der Waals surface area contributed by atoms with Gasteiger partial charge >= 0.3 is 5.97 Å². The van der Waals surface area contributed by atoms with Crippen LogP contribution in [-0.2, 0) is 14.3 Å². The Morgan fingerprint density at radius 2 is 1.89 bits per heavy atom. The number of methoxy groups -OCH3 is 1. The van der Waals surface area contributed by atoms with Crippen LogP contribution in [0.2, 0.25) is 0 Å². The zero-order valence-electron chi connectivity index (χ0n) is 12.4. The molecule has 1 atom stereocenters. The van der Waals surface area contributed by atoms with Crippen molar-refractivity contribution in [1.29, 1.82) is 0 Å². The summed E-state index contributed by atoms with van der Waals surface area (Å²) in [6.45, 7) is 11.1. The molecule has 0 aromatic heterocycles. The van der Waals surface area contributed by atoms with Crippen LogP contribution < -0.4 is 5.32 Å². The monoisotopic (exact) mass is 258 g/mol. The van der Waals surface area contributed by atoms with Crippen molar-refractivity contribution in [3.63, 3.8) is 0 Å². The molecule has 0 fully saturated rings. The maximum absolute atomic E-state index is 11.8. The van der Waals surface area contributed by atoms with Crippen molar-refractivity contribution in [3.8, 4) is 0 Å². The number of likely N-dealkylation sites (N-methyl/N-ethyl adjacent to an activating group) is 1. The molecule has 1 N–H and O–H groups in total. The summed E-state index contributed by atoms with van der Waals surface area (Å²) in [7, 11) is 1.38. The molecule has 0 radical (unpaired) electrons. The van der Waals surface area contributed by atoms with Crippen LogP contribution in [0.5, 0.6) is 0 Å². The van der Waals surface area contributed by atoms with Crippen LogP contribution in [-0.4, -0.2) is 49.1 Å². The first-order valence-corrected chi connectivity index (χ1v) is 6.30. The first-order valence-electron chi connectivity index (χ1n) is 6.30. The fourth-order valence-corrected chi connectivity index (χ4v) is 1.63. The Balaban J connectivity index is 4.27. The Kier molecular flexibility index (Phi) is 6.91. The van der Waals surface area contributed by atoms with Crippen LogP contribution in [0.15, 0.2) is 0 Å². The van der Waals surface area contributed by atoms with Gasteiger partial charge in [0.05, 0.1) is 19.6 Å². The summed E-state index contributed by atoms with van der Waals surface area (Å²) in [5.41, 5.74) is -0.232. The van der Waals surface area contributed by atoms with Crippen molar-refractivity contribution in [1.82, 2.24) is 10.2 Å². The lowest BCUT2D eigenvalue weighted by Gasteiger charge is -2.26. The largest absolute Gasteiger partial charge is 0.469 e. The van der Waals surface area contributed by atoms with Gasteiger partial charge < -0.3 is 10.1 Å². The van der Waals surface area contributed by atoms with Crippen molar-refractivity contribution >= 4 is 11.9 Å². The number of hydrogen-bond donors (Lipinski definition) is 1. The number of amides is 1. The van der Waals surface area contributed by atoms with E-state index in [1.54, 1.807) is 6.92 Å². The number of esters is 1. The van der Waals surface area contributed by atoms with Gasteiger partial charge in [0.25, 0.3) is 0 Å². The quantitative estimate of drug-likeness (QED) is 0.723. The highest BCUT2D eigenvalue weighted by Crippen LogP contribution is 2.03. The number of hydrogen-bond acceptors (Lipinski definition) is 4. The summed E-state index contributed by atoms with van der Waals surface area (Å²) in [5.74, 6) is -0.497. The van der Waals surface area contributed by atoms with E-state index in [4.69, 9.17) is 0 Å². The Bertz CT molecular complexity index is 284. The minimum atomic E-state index is -0.246. The smallest absolute Gasteiger partial charge is 0.309 e. The van der Waals surface area contributed by atoms with Gasteiger partial charge in [0, 0.05) is 12.1 Å². The Labute approximate surface area is 110 Å². The number of nitrogens with one attached hydrogen (secondary N) is 1. The maximum Gasteiger partial charge on any atom is 0.309 e. The Morgan fingerprint density at radius 3 is 2.28 bits per heavy atom. The standard InChI is InChI=1S/C13H26N2O3/c1-7-15(8-10(2)12(17)18-6)9-11(16)14-13(3,4)5/h10H,7-9H2,1-6H3,(H,14,16). The van der Waals surface area contributed by atoms with E-state index in [2.05, 4.69) is 10.1 Å². The average Bonchev–Trinajstić information content (AvgIpc) is 2.24. The van der Waals surface area contributed by atoms with E-state index in [1.807, 2.05) is 32.6 Å². The molecule has 0 heterocycles. The second-order valence-corrected chi connectivity index (χ2v) is 5.55. The van der Waals surface area contributed by atoms with Gasteiger partial charge in [-0.1, -0.05) is 13.8 Å². The molecule has 1 unspecified atom stereocenters. The normalized spacial score (nSPS) is 13.3. The molecule has 0 aliphatic carbocycles. The minimum Gasteiger partial charge on any atom is -0.469 e. The van der Waals surface area contributed by atoms with Crippen molar-refractivity contribution in [2.24, 2.45) is 5.92 Å². The fourth-order valence-electron chi connectivity index (χ4n) is 1.63. The van der Waals surface area contributed by atoms with E-state index >= 15 is 0 Å². The number of carbonyl (C=O) groups excluding carboxylic acids is 2. The zero-order valence-corrected chi connectivity index (χ0v) is 12.4. The molecule has 0 aliphatic rings. The van der Waals surface area contributed by atoms with E-state index in [9.17, 15) is 9.59 Å². The highest BCUT2D eigenvalue weighted by molar-refractivity contribution is 5.79. The lowest BCUT2D eigenvalue weighted by molar-refractivity contribution is -0.145. The lowest BCUT2D eigenvalue weighted by atomic mass is 10.1. The van der Waals surface area contributed by atoms with Gasteiger partial charge in [0.1, 0.15) is 0 Å². The molecule has 106 valence electrons. The molecule has 0 aliphatic heterocycles. The average molecular weight is 258 g/mol. The maximum atomic E-state index is 11.8. The van der Waals surface area contributed by atoms with Crippen molar-refractivity contribution < 1.29 is 14.3 Å². The van der Waals surface area contributed by atoms with Crippen LogP contribution in [0, 0.1) is 5.92 Å². The molecule has 0 bridgehead atoms. The molecule has 0 aromatic rings.